The summed E-state index contributed by atoms with van der Waals surface area (Å²) < 4.78 is 0. The van der Waals surface area contributed by atoms with Crippen LogP contribution in [0.3, 0.4) is 0 Å². The fourth-order valence-corrected chi connectivity index (χ4v) is 3.69. The molecular weight excluding hydrogens is 350 g/mol. The van der Waals surface area contributed by atoms with Gasteiger partial charge in [-0.15, -0.1) is 0 Å². The van der Waals surface area contributed by atoms with E-state index in [1.165, 1.54) is 70.6 Å². The minimum Gasteiger partial charge on any atom is -0.391 e. The van der Waals surface area contributed by atoms with Gasteiger partial charge in [0.2, 0.25) is 0 Å². The fourth-order valence-electron chi connectivity index (χ4n) is 3.69. The summed E-state index contributed by atoms with van der Waals surface area (Å²) >= 11 is 0. The van der Waals surface area contributed by atoms with Crippen LogP contribution >= 0.6 is 0 Å². The number of nitrogens with two attached hydrogens (primary N) is 1. The van der Waals surface area contributed by atoms with Gasteiger partial charge in [-0.2, -0.15) is 0 Å². The quantitative estimate of drug-likeness (QED) is 0.217. The van der Waals surface area contributed by atoms with E-state index >= 15 is 0 Å². The van der Waals surface area contributed by atoms with Gasteiger partial charge < -0.3 is 15.9 Å². The van der Waals surface area contributed by atoms with Crippen LogP contribution in [0.4, 0.5) is 0 Å². The first kappa shape index (κ1) is 27.5. The van der Waals surface area contributed by atoms with E-state index < -0.39 is 18.2 Å². The maximum Gasteiger partial charge on any atom is 0.162 e. The molecule has 0 spiro atoms. The molecule has 1 unspecified atom stereocenters. The molecule has 4 nitrogen and oxygen atoms in total. The average Bonchev–Trinajstić information content (AvgIpc) is 2.70. The minimum absolute atomic E-state index is 0.231. The van der Waals surface area contributed by atoms with Crippen molar-refractivity contribution in [2.45, 2.75) is 148 Å². The number of aliphatic hydroxyl groups excluding tert-OH is 2. The fraction of sp³-hybridized carbons (Fsp3) is 0.958. The predicted octanol–water partition coefficient (Wildman–Crippen LogP) is 5.67. The van der Waals surface area contributed by atoms with E-state index in [1.807, 2.05) is 0 Å². The third-order valence-corrected chi connectivity index (χ3v) is 5.77. The molecule has 0 rings (SSSR count). The number of ketones is 1. The molecular formula is C24H49NO3. The molecule has 0 bridgehead atoms. The average molecular weight is 400 g/mol. The lowest BCUT2D eigenvalue weighted by Crippen LogP contribution is -2.48. The van der Waals surface area contributed by atoms with Crippen molar-refractivity contribution in [3.05, 3.63) is 0 Å². The Labute approximate surface area is 174 Å². The number of hydrogen-bond acceptors (Lipinski definition) is 4. The zero-order valence-corrected chi connectivity index (χ0v) is 18.8. The molecule has 0 aliphatic rings. The summed E-state index contributed by atoms with van der Waals surface area (Å²) in [5, 5.41) is 20.2. The van der Waals surface area contributed by atoms with Gasteiger partial charge in [0.05, 0.1) is 12.1 Å². The maximum absolute atomic E-state index is 11.9. The van der Waals surface area contributed by atoms with Gasteiger partial charge in [0, 0.05) is 6.42 Å². The van der Waals surface area contributed by atoms with Crippen molar-refractivity contribution in [1.29, 1.82) is 0 Å². The summed E-state index contributed by atoms with van der Waals surface area (Å²) in [4.78, 5) is 11.9. The minimum atomic E-state index is -1.23. The summed E-state index contributed by atoms with van der Waals surface area (Å²) in [7, 11) is 0. The Bertz CT molecular complexity index is 349. The van der Waals surface area contributed by atoms with Gasteiger partial charge in [0.15, 0.2) is 5.78 Å². The highest BCUT2D eigenvalue weighted by atomic mass is 16.3. The van der Waals surface area contributed by atoms with Crippen LogP contribution in [-0.4, -0.2) is 34.2 Å². The number of carbonyl (C=O) groups is 1. The van der Waals surface area contributed by atoms with Crippen molar-refractivity contribution >= 4 is 5.78 Å². The number of aliphatic hydroxyl groups is 2. The Hall–Kier alpha value is -0.450. The Morgan fingerprint density at radius 1 is 0.679 bits per heavy atom. The lowest BCUT2D eigenvalue weighted by Gasteiger charge is -2.23. The zero-order valence-electron chi connectivity index (χ0n) is 18.8. The molecule has 28 heavy (non-hydrogen) atoms. The van der Waals surface area contributed by atoms with Crippen molar-refractivity contribution < 1.29 is 15.0 Å². The normalized spacial score (nSPS) is 14.8. The smallest absolute Gasteiger partial charge is 0.162 e. The largest absolute Gasteiger partial charge is 0.391 e. The van der Waals surface area contributed by atoms with Crippen molar-refractivity contribution in [2.75, 3.05) is 0 Å². The van der Waals surface area contributed by atoms with E-state index in [0.717, 1.165) is 32.1 Å². The molecule has 0 aliphatic carbocycles. The Morgan fingerprint density at radius 2 is 1.07 bits per heavy atom. The molecule has 4 heteroatoms. The molecule has 0 saturated heterocycles. The van der Waals surface area contributed by atoms with E-state index in [9.17, 15) is 15.0 Å². The Balaban J connectivity index is 3.55. The van der Waals surface area contributed by atoms with Crippen molar-refractivity contribution in [3.8, 4) is 0 Å². The van der Waals surface area contributed by atoms with Crippen LogP contribution < -0.4 is 5.73 Å². The van der Waals surface area contributed by atoms with Crippen LogP contribution in [0.1, 0.15) is 129 Å². The number of Topliss-reactive ketones (excluding diaryl/α,β-unsaturated/α-hetero) is 1. The van der Waals surface area contributed by atoms with Gasteiger partial charge in [0.25, 0.3) is 0 Å². The molecule has 3 atom stereocenters. The highest BCUT2D eigenvalue weighted by molar-refractivity contribution is 5.83. The predicted molar refractivity (Wildman–Crippen MR) is 119 cm³/mol. The lowest BCUT2D eigenvalue weighted by atomic mass is 9.95. The Kier molecular flexibility index (Phi) is 19.5. The number of unbranched alkanes of at least 4 members (excludes halogenated alkanes) is 14. The van der Waals surface area contributed by atoms with E-state index in [0.29, 0.717) is 12.8 Å². The summed E-state index contributed by atoms with van der Waals surface area (Å²) in [6, 6.07) is -0.855. The zero-order chi connectivity index (χ0) is 21.0. The van der Waals surface area contributed by atoms with Gasteiger partial charge in [-0.25, -0.2) is 0 Å². The highest BCUT2D eigenvalue weighted by Crippen LogP contribution is 2.15. The third-order valence-electron chi connectivity index (χ3n) is 5.77. The molecule has 0 fully saturated rings. The van der Waals surface area contributed by atoms with Gasteiger partial charge in [-0.1, -0.05) is 110 Å². The second kappa shape index (κ2) is 19.8. The molecule has 0 aromatic heterocycles. The topological polar surface area (TPSA) is 83.6 Å². The summed E-state index contributed by atoms with van der Waals surface area (Å²) in [5.41, 5.74) is 5.89. The molecule has 4 N–H and O–H groups in total. The third kappa shape index (κ3) is 15.5. The van der Waals surface area contributed by atoms with Gasteiger partial charge in [-0.3, -0.25) is 4.79 Å². The Morgan fingerprint density at radius 3 is 1.54 bits per heavy atom. The standard InChI is InChI=1S/C24H49NO3/c1-3-5-7-8-9-10-11-12-13-14-15-16-18-19-21(26)23(25)24(28)22(27)20-17-6-4-2/h21,23-24,26,28H,3-20,25H2,1-2H3/t21-,23-,24?/m1/s1. The van der Waals surface area contributed by atoms with Crippen molar-refractivity contribution in [3.63, 3.8) is 0 Å². The van der Waals surface area contributed by atoms with Crippen LogP contribution in [0.25, 0.3) is 0 Å². The van der Waals surface area contributed by atoms with Crippen molar-refractivity contribution in [1.82, 2.24) is 0 Å². The summed E-state index contributed by atoms with van der Waals surface area (Å²) in [6.45, 7) is 4.33. The molecule has 0 aromatic rings. The molecule has 0 saturated carbocycles. The first-order valence-electron chi connectivity index (χ1n) is 12.2. The number of hydrogen-bond donors (Lipinski definition) is 3. The molecule has 168 valence electrons. The molecule has 0 radical (unpaired) electrons. The summed E-state index contributed by atoms with van der Waals surface area (Å²) in [6.07, 6.45) is 18.4. The molecule has 0 aliphatic heterocycles. The van der Waals surface area contributed by atoms with E-state index in [1.54, 1.807) is 0 Å². The van der Waals surface area contributed by atoms with Crippen molar-refractivity contribution in [2.24, 2.45) is 5.73 Å². The van der Waals surface area contributed by atoms with Crippen LogP contribution in [0.2, 0.25) is 0 Å². The van der Waals surface area contributed by atoms with Crippen LogP contribution in [0.5, 0.6) is 0 Å². The van der Waals surface area contributed by atoms with Gasteiger partial charge >= 0.3 is 0 Å². The van der Waals surface area contributed by atoms with E-state index in [-0.39, 0.29) is 5.78 Å². The van der Waals surface area contributed by atoms with E-state index in [4.69, 9.17) is 5.73 Å². The first-order chi connectivity index (χ1) is 13.5. The molecule has 0 aromatic carbocycles. The van der Waals surface area contributed by atoms with Crippen LogP contribution in [-0.2, 0) is 4.79 Å². The summed E-state index contributed by atoms with van der Waals surface area (Å²) in [5.74, 6) is -0.231. The van der Waals surface area contributed by atoms with Gasteiger partial charge in [0.1, 0.15) is 6.10 Å². The second-order valence-corrected chi connectivity index (χ2v) is 8.54. The number of rotatable bonds is 21. The SMILES string of the molecule is CCCCCCCCCCCCCCC[C@@H](O)[C@@H](N)C(O)C(=O)CCCCC. The molecule has 0 heterocycles. The van der Waals surface area contributed by atoms with E-state index in [2.05, 4.69) is 13.8 Å². The highest BCUT2D eigenvalue weighted by Gasteiger charge is 2.27. The monoisotopic (exact) mass is 399 g/mol. The lowest BCUT2D eigenvalue weighted by molar-refractivity contribution is -0.129. The first-order valence-corrected chi connectivity index (χ1v) is 12.2. The number of carbonyl (C=O) groups excluding carboxylic acids is 1. The van der Waals surface area contributed by atoms with Gasteiger partial charge in [-0.05, 0) is 12.8 Å². The van der Waals surface area contributed by atoms with Crippen LogP contribution in [0, 0.1) is 0 Å². The van der Waals surface area contributed by atoms with Crippen LogP contribution in [0.15, 0.2) is 0 Å². The maximum atomic E-state index is 11.9. The second-order valence-electron chi connectivity index (χ2n) is 8.54. The molecule has 0 amide bonds.